The van der Waals surface area contributed by atoms with Gasteiger partial charge in [0.05, 0.1) is 14.2 Å². The topological polar surface area (TPSA) is 47.6 Å². The molecule has 0 fully saturated rings. The molecule has 0 radical (unpaired) electrons. The predicted octanol–water partition coefficient (Wildman–Crippen LogP) is 2.08. The Morgan fingerprint density at radius 2 is 2.00 bits per heavy atom. The fourth-order valence-corrected chi connectivity index (χ4v) is 2.14. The van der Waals surface area contributed by atoms with Gasteiger partial charge in [-0.25, -0.2) is 0 Å². The first-order chi connectivity index (χ1) is 9.21. The van der Waals surface area contributed by atoms with Crippen molar-refractivity contribution in [3.63, 3.8) is 0 Å². The molecule has 5 heteroatoms. The number of esters is 1. The third kappa shape index (κ3) is 5.53. The van der Waals surface area contributed by atoms with E-state index in [1.165, 1.54) is 7.11 Å². The van der Waals surface area contributed by atoms with E-state index in [4.69, 9.17) is 9.47 Å². The van der Waals surface area contributed by atoms with Crippen molar-refractivity contribution in [2.24, 2.45) is 0 Å². The molecule has 0 aliphatic carbocycles. The normalized spacial score (nSPS) is 11.9. The van der Waals surface area contributed by atoms with Gasteiger partial charge < -0.3 is 14.8 Å². The molecule has 0 saturated heterocycles. The first-order valence-electron chi connectivity index (χ1n) is 6.14. The van der Waals surface area contributed by atoms with E-state index in [0.717, 1.165) is 23.5 Å². The fourth-order valence-electron chi connectivity index (χ4n) is 1.67. The van der Waals surface area contributed by atoms with E-state index in [2.05, 4.69) is 5.32 Å². The van der Waals surface area contributed by atoms with Gasteiger partial charge in [-0.3, -0.25) is 4.79 Å². The molecule has 0 aliphatic rings. The molecule has 0 heterocycles. The van der Waals surface area contributed by atoms with Gasteiger partial charge in [0.25, 0.3) is 0 Å². The Bertz CT molecular complexity index is 381. The average molecular weight is 283 g/mol. The van der Waals surface area contributed by atoms with Crippen LogP contribution in [-0.4, -0.2) is 38.2 Å². The van der Waals surface area contributed by atoms with Crippen LogP contribution in [0.25, 0.3) is 0 Å². The highest BCUT2D eigenvalue weighted by molar-refractivity contribution is 7.98. The molecule has 1 atom stereocenters. The Balaban J connectivity index is 2.51. The van der Waals surface area contributed by atoms with E-state index in [0.29, 0.717) is 6.54 Å². The average Bonchev–Trinajstić information content (AvgIpc) is 2.47. The van der Waals surface area contributed by atoms with E-state index >= 15 is 0 Å². The number of thioether (sulfide) groups is 1. The molecule has 0 aliphatic heterocycles. The highest BCUT2D eigenvalue weighted by Gasteiger charge is 2.17. The third-order valence-electron chi connectivity index (χ3n) is 2.81. The van der Waals surface area contributed by atoms with Crippen LogP contribution in [0.15, 0.2) is 24.3 Å². The van der Waals surface area contributed by atoms with Crippen LogP contribution in [0, 0.1) is 0 Å². The van der Waals surface area contributed by atoms with Gasteiger partial charge in [0.15, 0.2) is 0 Å². The van der Waals surface area contributed by atoms with Crippen LogP contribution in [-0.2, 0) is 16.1 Å². The van der Waals surface area contributed by atoms with Gasteiger partial charge in [0, 0.05) is 6.54 Å². The lowest BCUT2D eigenvalue weighted by molar-refractivity contribution is -0.143. The molecule has 106 valence electrons. The van der Waals surface area contributed by atoms with Gasteiger partial charge in [0.1, 0.15) is 11.8 Å². The maximum absolute atomic E-state index is 11.6. The number of carbonyl (C=O) groups is 1. The van der Waals surface area contributed by atoms with Crippen molar-refractivity contribution in [1.82, 2.24) is 5.32 Å². The summed E-state index contributed by atoms with van der Waals surface area (Å²) in [6, 6.07) is 7.53. The van der Waals surface area contributed by atoms with Crippen LogP contribution >= 0.6 is 11.8 Å². The Morgan fingerprint density at radius 3 is 2.53 bits per heavy atom. The Labute approximate surface area is 118 Å². The standard InChI is InChI=1S/C14H21NO3S/c1-17-12-6-4-11(5-7-12)10-15-13(8-9-19-3)14(16)18-2/h4-7,13,15H,8-10H2,1-3H3/t13-/m0/s1. The quantitative estimate of drug-likeness (QED) is 0.740. The lowest BCUT2D eigenvalue weighted by atomic mass is 10.2. The van der Waals surface area contributed by atoms with Crippen LogP contribution in [0.3, 0.4) is 0 Å². The minimum atomic E-state index is -0.250. The van der Waals surface area contributed by atoms with Crippen molar-refractivity contribution in [1.29, 1.82) is 0 Å². The molecule has 0 unspecified atom stereocenters. The molecule has 1 rings (SSSR count). The van der Waals surface area contributed by atoms with Gasteiger partial charge in [-0.05, 0) is 36.1 Å². The zero-order valence-corrected chi connectivity index (χ0v) is 12.5. The summed E-state index contributed by atoms with van der Waals surface area (Å²) in [4.78, 5) is 11.6. The third-order valence-corrected chi connectivity index (χ3v) is 3.45. The van der Waals surface area contributed by atoms with Crippen LogP contribution in [0.5, 0.6) is 5.75 Å². The number of benzene rings is 1. The first kappa shape index (κ1) is 15.9. The summed E-state index contributed by atoms with van der Waals surface area (Å²) in [6.07, 6.45) is 2.79. The van der Waals surface area contributed by atoms with Gasteiger partial charge in [-0.2, -0.15) is 11.8 Å². The van der Waals surface area contributed by atoms with Gasteiger partial charge in [-0.15, -0.1) is 0 Å². The lowest BCUT2D eigenvalue weighted by Gasteiger charge is -2.16. The lowest BCUT2D eigenvalue weighted by Crippen LogP contribution is -2.37. The van der Waals surface area contributed by atoms with Gasteiger partial charge in [0.2, 0.25) is 0 Å². The Morgan fingerprint density at radius 1 is 1.32 bits per heavy atom. The molecule has 1 N–H and O–H groups in total. The van der Waals surface area contributed by atoms with Crippen molar-refractivity contribution < 1.29 is 14.3 Å². The van der Waals surface area contributed by atoms with E-state index < -0.39 is 0 Å². The molecular formula is C14H21NO3S. The molecule has 1 aromatic rings. The summed E-state index contributed by atoms with van der Waals surface area (Å²) in [6.45, 7) is 0.637. The number of hydrogen-bond acceptors (Lipinski definition) is 5. The van der Waals surface area contributed by atoms with Gasteiger partial charge >= 0.3 is 5.97 Å². The van der Waals surface area contributed by atoms with Crippen molar-refractivity contribution in [3.8, 4) is 5.75 Å². The highest BCUT2D eigenvalue weighted by atomic mass is 32.2. The highest BCUT2D eigenvalue weighted by Crippen LogP contribution is 2.11. The van der Waals surface area contributed by atoms with E-state index in [1.807, 2.05) is 30.5 Å². The summed E-state index contributed by atoms with van der Waals surface area (Å²) < 4.78 is 9.91. The van der Waals surface area contributed by atoms with Crippen molar-refractivity contribution >= 4 is 17.7 Å². The van der Waals surface area contributed by atoms with Crippen molar-refractivity contribution in [3.05, 3.63) is 29.8 Å². The summed E-state index contributed by atoms with van der Waals surface area (Å²) in [5.74, 6) is 1.55. The Kier molecular flexibility index (Phi) is 7.36. The molecule has 4 nitrogen and oxygen atoms in total. The zero-order valence-electron chi connectivity index (χ0n) is 11.6. The molecule has 0 aromatic heterocycles. The predicted molar refractivity (Wildman–Crippen MR) is 78.6 cm³/mol. The minimum absolute atomic E-state index is 0.206. The number of ether oxygens (including phenoxy) is 2. The maximum Gasteiger partial charge on any atom is 0.322 e. The molecule has 0 bridgehead atoms. The molecule has 0 amide bonds. The van der Waals surface area contributed by atoms with E-state index in [1.54, 1.807) is 18.9 Å². The summed E-state index contributed by atoms with van der Waals surface area (Å²) in [5.41, 5.74) is 1.11. The number of methoxy groups -OCH3 is 2. The summed E-state index contributed by atoms with van der Waals surface area (Å²) >= 11 is 1.72. The molecule has 0 saturated carbocycles. The van der Waals surface area contributed by atoms with Crippen LogP contribution < -0.4 is 10.1 Å². The van der Waals surface area contributed by atoms with Crippen molar-refractivity contribution in [2.45, 2.75) is 19.0 Å². The number of carbonyl (C=O) groups excluding carboxylic acids is 1. The second-order valence-corrected chi connectivity index (χ2v) is 5.07. The number of hydrogen-bond donors (Lipinski definition) is 1. The van der Waals surface area contributed by atoms with Crippen LogP contribution in [0.1, 0.15) is 12.0 Å². The smallest absolute Gasteiger partial charge is 0.322 e. The summed E-state index contributed by atoms with van der Waals surface area (Å²) in [7, 11) is 3.06. The fraction of sp³-hybridized carbons (Fsp3) is 0.500. The largest absolute Gasteiger partial charge is 0.497 e. The zero-order chi connectivity index (χ0) is 14.1. The second kappa shape index (κ2) is 8.82. The maximum atomic E-state index is 11.6. The Hall–Kier alpha value is -1.20. The second-order valence-electron chi connectivity index (χ2n) is 4.09. The number of nitrogens with one attached hydrogen (secondary N) is 1. The van der Waals surface area contributed by atoms with Crippen molar-refractivity contribution in [2.75, 3.05) is 26.2 Å². The molecular weight excluding hydrogens is 262 g/mol. The first-order valence-corrected chi connectivity index (χ1v) is 7.53. The number of rotatable bonds is 8. The van der Waals surface area contributed by atoms with Crippen LogP contribution in [0.4, 0.5) is 0 Å². The minimum Gasteiger partial charge on any atom is -0.497 e. The molecule has 0 spiro atoms. The summed E-state index contributed by atoms with van der Waals surface area (Å²) in [5, 5.41) is 3.23. The SMILES string of the molecule is COC(=O)[C@H](CCSC)NCc1ccc(OC)cc1. The molecule has 1 aromatic carbocycles. The van der Waals surface area contributed by atoms with E-state index in [-0.39, 0.29) is 12.0 Å². The van der Waals surface area contributed by atoms with E-state index in [9.17, 15) is 4.79 Å². The van der Waals surface area contributed by atoms with Gasteiger partial charge in [-0.1, -0.05) is 12.1 Å². The monoisotopic (exact) mass is 283 g/mol. The van der Waals surface area contributed by atoms with Crippen LogP contribution in [0.2, 0.25) is 0 Å². The molecule has 19 heavy (non-hydrogen) atoms.